The summed E-state index contributed by atoms with van der Waals surface area (Å²) in [4.78, 5) is 18.7. The van der Waals surface area contributed by atoms with E-state index in [1.807, 2.05) is 0 Å². The van der Waals surface area contributed by atoms with Crippen molar-refractivity contribution in [3.63, 3.8) is 0 Å². The Morgan fingerprint density at radius 1 is 1.47 bits per heavy atom. The van der Waals surface area contributed by atoms with Gasteiger partial charge >= 0.3 is 0 Å². The Bertz CT molecular complexity index is 339. The minimum atomic E-state index is -0.254. The van der Waals surface area contributed by atoms with Gasteiger partial charge in [0.1, 0.15) is 12.0 Å². The smallest absolute Gasteiger partial charge is 0.226 e. The van der Waals surface area contributed by atoms with Gasteiger partial charge in [0.25, 0.3) is 0 Å². The van der Waals surface area contributed by atoms with E-state index >= 15 is 0 Å². The largest absolute Gasteiger partial charge is 0.384 e. The summed E-state index contributed by atoms with van der Waals surface area (Å²) in [5.74, 6) is -0.254. The van der Waals surface area contributed by atoms with Gasteiger partial charge in [-0.2, -0.15) is 0 Å². The van der Waals surface area contributed by atoms with Crippen molar-refractivity contribution in [1.82, 2.24) is 9.97 Å². The summed E-state index contributed by atoms with van der Waals surface area (Å²) in [6.07, 6.45) is 1.44. The van der Waals surface area contributed by atoms with E-state index in [2.05, 4.69) is 15.3 Å². The quantitative estimate of drug-likeness (QED) is 0.827. The van der Waals surface area contributed by atoms with Gasteiger partial charge in [0.15, 0.2) is 10.3 Å². The maximum atomic E-state index is 11.3. The van der Waals surface area contributed by atoms with Gasteiger partial charge in [0.2, 0.25) is 5.91 Å². The molecule has 0 bridgehead atoms. The van der Waals surface area contributed by atoms with Crippen molar-refractivity contribution in [1.29, 1.82) is 0 Å². The fraction of sp³-hybridized carbons (Fsp3) is 0.375. The molecule has 7 heteroatoms. The molecule has 1 amide bonds. The van der Waals surface area contributed by atoms with E-state index in [0.717, 1.165) is 0 Å². The third-order valence-electron chi connectivity index (χ3n) is 1.55. The second-order valence-electron chi connectivity index (χ2n) is 2.62. The van der Waals surface area contributed by atoms with E-state index < -0.39 is 0 Å². The first-order valence-corrected chi connectivity index (χ1v) is 4.85. The Labute approximate surface area is 96.8 Å². The van der Waals surface area contributed by atoms with Crippen LogP contribution in [0.3, 0.4) is 0 Å². The normalized spacial score (nSPS) is 10.1. The second kappa shape index (κ2) is 5.85. The number of ether oxygens (including phenoxy) is 1. The van der Waals surface area contributed by atoms with E-state index in [1.54, 1.807) is 0 Å². The van der Waals surface area contributed by atoms with Gasteiger partial charge in [-0.25, -0.2) is 9.97 Å². The number of hydrogen-bond donors (Lipinski definition) is 1. The summed E-state index contributed by atoms with van der Waals surface area (Å²) in [7, 11) is 1.51. The maximum absolute atomic E-state index is 11.3. The lowest BCUT2D eigenvalue weighted by atomic mass is 10.4. The van der Waals surface area contributed by atoms with Crippen LogP contribution in [0.2, 0.25) is 10.3 Å². The summed E-state index contributed by atoms with van der Waals surface area (Å²) in [5, 5.41) is 2.73. The summed E-state index contributed by atoms with van der Waals surface area (Å²) in [6.45, 7) is 0.328. The molecule has 1 rings (SSSR count). The number of amides is 1. The molecular formula is C8H9Cl2N3O2. The molecule has 0 aliphatic heterocycles. The first-order valence-electron chi connectivity index (χ1n) is 4.10. The molecule has 15 heavy (non-hydrogen) atoms. The lowest BCUT2D eigenvalue weighted by Gasteiger charge is -2.06. The third-order valence-corrected chi connectivity index (χ3v) is 2.13. The zero-order valence-corrected chi connectivity index (χ0v) is 9.47. The van der Waals surface area contributed by atoms with E-state index in [4.69, 9.17) is 27.9 Å². The molecule has 0 saturated heterocycles. The van der Waals surface area contributed by atoms with Crippen LogP contribution in [0, 0.1) is 0 Å². The van der Waals surface area contributed by atoms with Crippen LogP contribution in [0.5, 0.6) is 0 Å². The Kier molecular flexibility index (Phi) is 4.74. The van der Waals surface area contributed by atoms with Gasteiger partial charge in [-0.1, -0.05) is 23.2 Å². The van der Waals surface area contributed by atoms with Crippen molar-refractivity contribution in [2.24, 2.45) is 0 Å². The van der Waals surface area contributed by atoms with E-state index in [1.165, 1.54) is 13.4 Å². The summed E-state index contributed by atoms with van der Waals surface area (Å²) >= 11 is 11.5. The standard InChI is InChI=1S/C8H9Cl2N3O2/c1-15-3-2-5(14)13-6-7(9)11-4-12-8(6)10/h4H,2-3H2,1H3,(H,13,14). The molecule has 1 heterocycles. The second-order valence-corrected chi connectivity index (χ2v) is 3.34. The molecule has 0 aliphatic carbocycles. The third kappa shape index (κ3) is 3.62. The molecule has 5 nitrogen and oxygen atoms in total. The van der Waals surface area contributed by atoms with Crippen molar-refractivity contribution in [2.45, 2.75) is 6.42 Å². The summed E-state index contributed by atoms with van der Waals surface area (Å²) < 4.78 is 4.75. The van der Waals surface area contributed by atoms with E-state index in [0.29, 0.717) is 6.61 Å². The van der Waals surface area contributed by atoms with Gasteiger partial charge in [-0.3, -0.25) is 4.79 Å². The molecule has 1 N–H and O–H groups in total. The predicted molar refractivity (Wildman–Crippen MR) is 57.2 cm³/mol. The Balaban J connectivity index is 2.68. The number of aromatic nitrogens is 2. The van der Waals surface area contributed by atoms with Crippen molar-refractivity contribution in [2.75, 3.05) is 19.0 Å². The fourth-order valence-corrected chi connectivity index (χ4v) is 1.25. The Morgan fingerprint density at radius 3 is 2.60 bits per heavy atom. The summed E-state index contributed by atoms with van der Waals surface area (Å²) in [6, 6.07) is 0. The van der Waals surface area contributed by atoms with Crippen LogP contribution in [0.4, 0.5) is 5.69 Å². The highest BCUT2D eigenvalue weighted by Crippen LogP contribution is 2.25. The Hall–Kier alpha value is -0.910. The van der Waals surface area contributed by atoms with Gasteiger partial charge in [0, 0.05) is 7.11 Å². The molecule has 0 unspecified atom stereocenters. The van der Waals surface area contributed by atoms with Crippen molar-refractivity contribution in [3.05, 3.63) is 16.6 Å². The van der Waals surface area contributed by atoms with E-state index in [-0.39, 0.29) is 28.3 Å². The number of halogens is 2. The highest BCUT2D eigenvalue weighted by atomic mass is 35.5. The molecule has 0 aromatic carbocycles. The minimum absolute atomic E-state index is 0.112. The van der Waals surface area contributed by atoms with E-state index in [9.17, 15) is 4.79 Å². The van der Waals surface area contributed by atoms with Crippen molar-refractivity contribution < 1.29 is 9.53 Å². The van der Waals surface area contributed by atoms with Crippen LogP contribution < -0.4 is 5.32 Å². The van der Waals surface area contributed by atoms with Crippen LogP contribution in [0.1, 0.15) is 6.42 Å². The minimum Gasteiger partial charge on any atom is -0.384 e. The number of methoxy groups -OCH3 is 1. The number of nitrogens with zero attached hydrogens (tertiary/aromatic N) is 2. The van der Waals surface area contributed by atoms with Gasteiger partial charge in [0.05, 0.1) is 13.0 Å². The average Bonchev–Trinajstić information content (AvgIpc) is 2.21. The molecule has 0 spiro atoms. The van der Waals surface area contributed by atoms with Gasteiger partial charge in [-0.05, 0) is 0 Å². The molecule has 0 aliphatic rings. The number of hydrogen-bond acceptors (Lipinski definition) is 4. The van der Waals surface area contributed by atoms with Crippen molar-refractivity contribution >= 4 is 34.8 Å². The number of carbonyl (C=O) groups excluding carboxylic acids is 1. The fourth-order valence-electron chi connectivity index (χ4n) is 0.844. The lowest BCUT2D eigenvalue weighted by molar-refractivity contribution is -0.117. The predicted octanol–water partition coefficient (Wildman–Crippen LogP) is 1.76. The molecule has 0 saturated carbocycles. The number of anilines is 1. The monoisotopic (exact) mass is 249 g/mol. The van der Waals surface area contributed by atoms with Gasteiger partial charge in [-0.15, -0.1) is 0 Å². The molecule has 0 radical (unpaired) electrons. The van der Waals surface area contributed by atoms with Crippen LogP contribution in [-0.2, 0) is 9.53 Å². The molecular weight excluding hydrogens is 241 g/mol. The average molecular weight is 250 g/mol. The first-order chi connectivity index (χ1) is 7.15. The van der Waals surface area contributed by atoms with Crippen LogP contribution in [-0.4, -0.2) is 29.6 Å². The zero-order chi connectivity index (χ0) is 11.3. The highest BCUT2D eigenvalue weighted by molar-refractivity contribution is 6.38. The molecule has 0 atom stereocenters. The maximum Gasteiger partial charge on any atom is 0.226 e. The Morgan fingerprint density at radius 2 is 2.07 bits per heavy atom. The topological polar surface area (TPSA) is 64.1 Å². The SMILES string of the molecule is COCCC(=O)Nc1c(Cl)ncnc1Cl. The van der Waals surface area contributed by atoms with Crippen LogP contribution in [0.25, 0.3) is 0 Å². The molecule has 1 aromatic heterocycles. The molecule has 0 fully saturated rings. The van der Waals surface area contributed by atoms with Crippen LogP contribution >= 0.6 is 23.2 Å². The number of carbonyl (C=O) groups is 1. The first kappa shape index (κ1) is 12.2. The number of nitrogens with one attached hydrogen (secondary N) is 1. The lowest BCUT2D eigenvalue weighted by Crippen LogP contribution is -2.14. The van der Waals surface area contributed by atoms with Crippen LogP contribution in [0.15, 0.2) is 6.33 Å². The highest BCUT2D eigenvalue weighted by Gasteiger charge is 2.11. The molecule has 1 aromatic rings. The summed E-state index contributed by atoms with van der Waals surface area (Å²) in [5.41, 5.74) is 0.224. The zero-order valence-electron chi connectivity index (χ0n) is 7.96. The number of rotatable bonds is 4. The molecule has 82 valence electrons. The van der Waals surface area contributed by atoms with Gasteiger partial charge < -0.3 is 10.1 Å². The van der Waals surface area contributed by atoms with Crippen molar-refractivity contribution in [3.8, 4) is 0 Å².